The van der Waals surface area contributed by atoms with Crippen LogP contribution in [0.15, 0.2) is 41.3 Å². The van der Waals surface area contributed by atoms with Crippen LogP contribution in [0.2, 0.25) is 0 Å². The maximum absolute atomic E-state index is 14.4. The molecule has 0 saturated heterocycles. The Bertz CT molecular complexity index is 1140. The summed E-state index contributed by atoms with van der Waals surface area (Å²) in [6.07, 6.45) is 0. The fourth-order valence-corrected chi connectivity index (χ4v) is 4.28. The van der Waals surface area contributed by atoms with Crippen molar-refractivity contribution in [2.24, 2.45) is 0 Å². The summed E-state index contributed by atoms with van der Waals surface area (Å²) in [5.41, 5.74) is 1.92. The zero-order valence-corrected chi connectivity index (χ0v) is 20.9. The molecule has 0 amide bonds. The van der Waals surface area contributed by atoms with E-state index in [2.05, 4.69) is 6.07 Å². The van der Waals surface area contributed by atoms with Gasteiger partial charge in [0.25, 0.3) is 0 Å². The van der Waals surface area contributed by atoms with Crippen LogP contribution in [0, 0.1) is 79.9 Å². The van der Waals surface area contributed by atoms with E-state index in [0.29, 0.717) is 22.3 Å². The predicted molar refractivity (Wildman–Crippen MR) is 102 cm³/mol. The molecule has 3 aromatic carbocycles. The molecule has 0 aliphatic carbocycles. The van der Waals surface area contributed by atoms with E-state index < -0.39 is 38.1 Å². The van der Waals surface area contributed by atoms with Crippen molar-refractivity contribution in [3.8, 4) is 22.3 Å². The van der Waals surface area contributed by atoms with E-state index in [1.54, 1.807) is 19.9 Å². The summed E-state index contributed by atoms with van der Waals surface area (Å²) in [6, 6.07) is 8.91. The minimum Gasteiger partial charge on any atom is -0.207 e. The van der Waals surface area contributed by atoms with Crippen molar-refractivity contribution in [1.29, 1.82) is 0 Å². The van der Waals surface area contributed by atoms with Crippen molar-refractivity contribution in [3.63, 3.8) is 0 Å². The van der Waals surface area contributed by atoms with Gasteiger partial charge < -0.3 is 0 Å². The predicted octanol–water partition coefficient (Wildman–Crippen LogP) is 8.82. The fraction of sp³-hybridized carbons (Fsp3) is 0.143. The summed E-state index contributed by atoms with van der Waals surface area (Å²) < 4.78 is 107. The van der Waals surface area contributed by atoms with Crippen LogP contribution in [0.4, 0.5) is 32.6 Å². The second-order valence-corrected chi connectivity index (χ2v) is 9.47. The Morgan fingerprint density at radius 2 is 1.23 bits per heavy atom. The van der Waals surface area contributed by atoms with E-state index >= 15 is 0 Å². The standard InChI is InChI=1S/C21H15F8S.La/c1-11-6-13(3)20(17(22)7-11)14-4-5-16(12(2)8-14)15-9-18(23)21(19(24)10-15)30(25,26,27,28)29;/h4,6-10H,1-3H3;/q-1;. The first-order valence-corrected chi connectivity index (χ1v) is 10.5. The van der Waals surface area contributed by atoms with Crippen LogP contribution >= 0.6 is 10.2 Å². The van der Waals surface area contributed by atoms with Crippen molar-refractivity contribution < 1.29 is 68.2 Å². The van der Waals surface area contributed by atoms with E-state index in [-0.39, 0.29) is 58.9 Å². The van der Waals surface area contributed by atoms with Crippen molar-refractivity contribution in [2.75, 3.05) is 0 Å². The van der Waals surface area contributed by atoms with Gasteiger partial charge in [-0.2, -0.15) is 0 Å². The molecule has 1 radical (unpaired) electrons. The van der Waals surface area contributed by atoms with Gasteiger partial charge in [0, 0.05) is 35.6 Å². The van der Waals surface area contributed by atoms with Crippen LogP contribution in [0.5, 0.6) is 0 Å². The maximum atomic E-state index is 14.4. The molecule has 0 N–H and O–H groups in total. The average molecular weight is 590 g/mol. The molecule has 0 aliphatic heterocycles. The Kier molecular flexibility index (Phi) is 6.36. The summed E-state index contributed by atoms with van der Waals surface area (Å²) in [5.74, 6) is -5.33. The third-order valence-corrected chi connectivity index (χ3v) is 5.69. The molecule has 0 unspecified atom stereocenters. The topological polar surface area (TPSA) is 0 Å². The van der Waals surface area contributed by atoms with Crippen LogP contribution < -0.4 is 0 Å². The summed E-state index contributed by atoms with van der Waals surface area (Å²) in [4.78, 5) is -3.18. The minimum absolute atomic E-state index is 0. The Labute approximate surface area is 202 Å². The zero-order chi connectivity index (χ0) is 22.7. The smallest absolute Gasteiger partial charge is 0.207 e. The van der Waals surface area contributed by atoms with Crippen LogP contribution in [0.3, 0.4) is 0 Å². The van der Waals surface area contributed by atoms with Crippen molar-refractivity contribution in [2.45, 2.75) is 25.7 Å². The van der Waals surface area contributed by atoms with E-state index in [0.717, 1.165) is 0 Å². The molecule has 0 nitrogen and oxygen atoms in total. The zero-order valence-electron chi connectivity index (χ0n) is 16.5. The average Bonchev–Trinajstić information content (AvgIpc) is 2.50. The van der Waals surface area contributed by atoms with Crippen LogP contribution in [-0.2, 0) is 0 Å². The van der Waals surface area contributed by atoms with E-state index in [1.165, 1.54) is 25.1 Å². The molecule has 3 rings (SSSR count). The molecule has 31 heavy (non-hydrogen) atoms. The summed E-state index contributed by atoms with van der Waals surface area (Å²) in [6.45, 7) is 4.89. The number of hydrogen-bond donors (Lipinski definition) is 0. The quantitative estimate of drug-likeness (QED) is 0.211. The largest absolute Gasteiger partial charge is 0.315 e. The monoisotopic (exact) mass is 590 g/mol. The van der Waals surface area contributed by atoms with Gasteiger partial charge in [0.05, 0.1) is 0 Å². The number of aryl methyl sites for hydroxylation is 3. The molecule has 0 aliphatic rings. The molecule has 0 bridgehead atoms. The summed E-state index contributed by atoms with van der Waals surface area (Å²) in [7, 11) is -10.6. The molecule has 165 valence electrons. The van der Waals surface area contributed by atoms with Crippen LogP contribution in [-0.4, -0.2) is 0 Å². The first-order valence-electron chi connectivity index (χ1n) is 8.51. The van der Waals surface area contributed by atoms with Gasteiger partial charge in [-0.15, -0.1) is 29.3 Å². The Morgan fingerprint density at radius 3 is 1.68 bits per heavy atom. The molecule has 0 atom stereocenters. The van der Waals surface area contributed by atoms with Gasteiger partial charge in [0.2, 0.25) is 0 Å². The first kappa shape index (κ1) is 25.9. The van der Waals surface area contributed by atoms with Crippen LogP contribution in [0.1, 0.15) is 16.7 Å². The Hall–Kier alpha value is -1.36. The summed E-state index contributed by atoms with van der Waals surface area (Å²) >= 11 is 0. The fourth-order valence-electron chi connectivity index (χ4n) is 3.42. The Balaban J connectivity index is 0.00000341. The normalized spacial score (nSPS) is 13.9. The number of rotatable bonds is 3. The second-order valence-electron chi connectivity index (χ2n) is 7.12. The number of benzene rings is 3. The molecular weight excluding hydrogens is 575 g/mol. The van der Waals surface area contributed by atoms with Crippen molar-refractivity contribution in [3.05, 3.63) is 76.6 Å². The van der Waals surface area contributed by atoms with E-state index in [9.17, 15) is 32.6 Å². The maximum Gasteiger partial charge on any atom is 0.315 e. The van der Waals surface area contributed by atoms with Gasteiger partial charge in [-0.05, 0) is 36.6 Å². The molecule has 0 aromatic heterocycles. The van der Waals surface area contributed by atoms with Gasteiger partial charge in [-0.3, -0.25) is 0 Å². The van der Waals surface area contributed by atoms with Gasteiger partial charge in [-0.1, -0.05) is 55.7 Å². The third-order valence-electron chi connectivity index (χ3n) is 4.53. The molecule has 10 heteroatoms. The third kappa shape index (κ3) is 5.35. The van der Waals surface area contributed by atoms with Gasteiger partial charge >= 0.3 is 10.2 Å². The molecule has 0 fully saturated rings. The van der Waals surface area contributed by atoms with Gasteiger partial charge in [0.15, 0.2) is 4.90 Å². The first-order chi connectivity index (χ1) is 13.5. The number of hydrogen-bond acceptors (Lipinski definition) is 0. The van der Waals surface area contributed by atoms with Gasteiger partial charge in [-0.25, -0.2) is 13.2 Å². The Morgan fingerprint density at radius 1 is 0.677 bits per heavy atom. The summed E-state index contributed by atoms with van der Waals surface area (Å²) in [5, 5.41) is 0. The molecule has 0 heterocycles. The van der Waals surface area contributed by atoms with Crippen LogP contribution in [0.25, 0.3) is 22.3 Å². The number of halogens is 8. The van der Waals surface area contributed by atoms with Gasteiger partial charge in [0.1, 0.15) is 17.5 Å². The van der Waals surface area contributed by atoms with Crippen molar-refractivity contribution in [1.82, 2.24) is 0 Å². The second kappa shape index (κ2) is 7.61. The van der Waals surface area contributed by atoms with Crippen molar-refractivity contribution >= 4 is 10.2 Å². The minimum atomic E-state index is -10.6. The molecule has 3 aromatic rings. The van der Waals surface area contributed by atoms with E-state index in [4.69, 9.17) is 0 Å². The molecule has 0 saturated carbocycles. The SMILES string of the molecule is Cc1cc(C)c(-c2c[c-]c(-c3cc(F)c(S(F)(F)(F)(F)F)c(F)c3)c(C)c2)c(F)c1.[La]. The van der Waals surface area contributed by atoms with E-state index in [1.807, 2.05) is 0 Å². The molecule has 0 spiro atoms. The molecular formula is C21H15F8LaS-.